The lowest BCUT2D eigenvalue weighted by Crippen LogP contribution is -2.39. The molecule has 0 amide bonds. The zero-order valence-electron chi connectivity index (χ0n) is 13.6. The first kappa shape index (κ1) is 21.0. The van der Waals surface area contributed by atoms with E-state index in [0.717, 1.165) is 0 Å². The van der Waals surface area contributed by atoms with Gasteiger partial charge >= 0.3 is 5.97 Å². The number of carbonyl (C=O) groups excluding carboxylic acids is 1. The van der Waals surface area contributed by atoms with Crippen LogP contribution in [0.25, 0.3) is 12.7 Å². The summed E-state index contributed by atoms with van der Waals surface area (Å²) in [6.07, 6.45) is 3.04. The van der Waals surface area contributed by atoms with Crippen LogP contribution in [0, 0.1) is 0 Å². The highest BCUT2D eigenvalue weighted by Crippen LogP contribution is 1.99. The maximum atomic E-state index is 11.7. The fraction of sp³-hybridized carbons (Fsp3) is 0.375. The number of anilines is 1. The SMILES string of the molecule is C=C/C=c1/[nH]c(=O)c(C(=O)OCC)c(N)c1=C.CC.CC. The molecule has 0 radical (unpaired) electrons. The highest BCUT2D eigenvalue weighted by molar-refractivity contribution is 5.94. The molecule has 0 atom stereocenters. The smallest absolute Gasteiger partial charge is 0.345 e. The Morgan fingerprint density at radius 3 is 2.29 bits per heavy atom. The zero-order valence-corrected chi connectivity index (χ0v) is 13.6. The summed E-state index contributed by atoms with van der Waals surface area (Å²) in [5, 5.41) is 0.795. The van der Waals surface area contributed by atoms with E-state index >= 15 is 0 Å². The third kappa shape index (κ3) is 5.69. The zero-order chi connectivity index (χ0) is 17.0. The van der Waals surface area contributed by atoms with Gasteiger partial charge in [0.15, 0.2) is 0 Å². The fourth-order valence-corrected chi connectivity index (χ4v) is 1.34. The molecule has 1 rings (SSSR count). The summed E-state index contributed by atoms with van der Waals surface area (Å²) in [6.45, 7) is 17.0. The van der Waals surface area contributed by atoms with E-state index in [4.69, 9.17) is 10.5 Å². The molecule has 0 aromatic carbocycles. The number of esters is 1. The van der Waals surface area contributed by atoms with Gasteiger partial charge in [0.05, 0.1) is 12.3 Å². The van der Waals surface area contributed by atoms with E-state index in [9.17, 15) is 9.59 Å². The first-order chi connectivity index (χ1) is 10.0. The summed E-state index contributed by atoms with van der Waals surface area (Å²) in [5.74, 6) is -0.749. The molecule has 0 aliphatic heterocycles. The Balaban J connectivity index is 0. The summed E-state index contributed by atoms with van der Waals surface area (Å²) in [5.41, 5.74) is 4.93. The van der Waals surface area contributed by atoms with Crippen LogP contribution in [0.4, 0.5) is 5.69 Å². The lowest BCUT2D eigenvalue weighted by molar-refractivity contribution is 0.0525. The number of carbonyl (C=O) groups is 1. The van der Waals surface area contributed by atoms with Gasteiger partial charge in [-0.2, -0.15) is 0 Å². The molecular formula is C16H26N2O3. The lowest BCUT2D eigenvalue weighted by atomic mass is 10.2. The fourth-order valence-electron chi connectivity index (χ4n) is 1.34. The van der Waals surface area contributed by atoms with E-state index in [2.05, 4.69) is 18.1 Å². The number of aromatic amines is 1. The molecule has 0 saturated carbocycles. The molecule has 5 heteroatoms. The number of pyridine rings is 1. The Morgan fingerprint density at radius 1 is 1.33 bits per heavy atom. The molecule has 0 saturated heterocycles. The summed E-state index contributed by atoms with van der Waals surface area (Å²) < 4.78 is 4.75. The minimum atomic E-state index is -0.749. The van der Waals surface area contributed by atoms with Crippen LogP contribution in [0.1, 0.15) is 45.0 Å². The minimum absolute atomic E-state index is 0.0281. The largest absolute Gasteiger partial charge is 0.462 e. The number of ether oxygens (including phenoxy) is 1. The van der Waals surface area contributed by atoms with E-state index in [1.807, 2.05) is 27.7 Å². The molecule has 0 unspecified atom stereocenters. The van der Waals surface area contributed by atoms with Crippen molar-refractivity contribution in [3.05, 3.63) is 39.1 Å². The number of nitrogen functional groups attached to an aromatic ring is 1. The van der Waals surface area contributed by atoms with E-state index in [0.29, 0.717) is 10.6 Å². The second kappa shape index (κ2) is 11.5. The molecule has 0 spiro atoms. The highest BCUT2D eigenvalue weighted by atomic mass is 16.5. The molecule has 0 aliphatic rings. The number of nitrogens with one attached hydrogen (secondary N) is 1. The highest BCUT2D eigenvalue weighted by Gasteiger charge is 2.16. The van der Waals surface area contributed by atoms with Crippen LogP contribution in [0.15, 0.2) is 17.4 Å². The average Bonchev–Trinajstić information content (AvgIpc) is 2.49. The average molecular weight is 294 g/mol. The van der Waals surface area contributed by atoms with Crippen molar-refractivity contribution in [1.82, 2.24) is 4.98 Å². The predicted octanol–water partition coefficient (Wildman–Crippen LogP) is 1.56. The van der Waals surface area contributed by atoms with Crippen molar-refractivity contribution in [1.29, 1.82) is 0 Å². The molecule has 0 fully saturated rings. The topological polar surface area (TPSA) is 85.2 Å². The number of allylic oxidation sites excluding steroid dienone is 1. The number of hydrogen-bond acceptors (Lipinski definition) is 4. The molecule has 5 nitrogen and oxygen atoms in total. The molecule has 1 aromatic rings. The predicted molar refractivity (Wildman–Crippen MR) is 89.6 cm³/mol. The van der Waals surface area contributed by atoms with E-state index in [1.165, 1.54) is 6.08 Å². The van der Waals surface area contributed by atoms with Crippen molar-refractivity contribution < 1.29 is 9.53 Å². The van der Waals surface area contributed by atoms with Gasteiger partial charge in [0.2, 0.25) is 0 Å². The normalized spacial score (nSPS) is 9.67. The lowest BCUT2D eigenvalue weighted by Gasteiger charge is -2.04. The minimum Gasteiger partial charge on any atom is -0.462 e. The van der Waals surface area contributed by atoms with Crippen LogP contribution < -0.4 is 21.9 Å². The third-order valence-electron chi connectivity index (χ3n) is 2.16. The van der Waals surface area contributed by atoms with Crippen molar-refractivity contribution in [2.45, 2.75) is 34.6 Å². The van der Waals surface area contributed by atoms with Gasteiger partial charge in [-0.05, 0) is 13.0 Å². The Hall–Kier alpha value is -2.30. The number of nitrogens with two attached hydrogens (primary N) is 1. The van der Waals surface area contributed by atoms with Crippen molar-refractivity contribution in [2.24, 2.45) is 0 Å². The van der Waals surface area contributed by atoms with Gasteiger partial charge in [0, 0.05) is 10.6 Å². The first-order valence-corrected chi connectivity index (χ1v) is 7.03. The second-order valence-electron chi connectivity index (χ2n) is 3.26. The van der Waals surface area contributed by atoms with E-state index in [1.54, 1.807) is 13.0 Å². The first-order valence-electron chi connectivity index (χ1n) is 7.03. The van der Waals surface area contributed by atoms with Crippen LogP contribution in [0.5, 0.6) is 0 Å². The molecular weight excluding hydrogens is 268 g/mol. The Labute approximate surface area is 125 Å². The number of H-pyrrole nitrogens is 1. The van der Waals surface area contributed by atoms with E-state index < -0.39 is 11.5 Å². The maximum Gasteiger partial charge on any atom is 0.345 e. The van der Waals surface area contributed by atoms with Gasteiger partial charge in [0.25, 0.3) is 5.56 Å². The summed E-state index contributed by atoms with van der Waals surface area (Å²) in [7, 11) is 0. The number of aromatic nitrogens is 1. The monoisotopic (exact) mass is 294 g/mol. The van der Waals surface area contributed by atoms with Crippen LogP contribution in [-0.4, -0.2) is 17.6 Å². The van der Waals surface area contributed by atoms with Gasteiger partial charge in [-0.15, -0.1) is 0 Å². The Bertz CT molecular complexity index is 616. The summed E-state index contributed by atoms with van der Waals surface area (Å²) in [6, 6.07) is 0. The standard InChI is InChI=1S/C12H14N2O3.2C2H6/c1-4-6-8-7(3)10(13)9(11(15)14-8)12(16)17-5-2;2*1-2/h4,6H,1,3,5,13H2,2H3,(H,14,15);2*1-2H3/b8-6+;;. The molecule has 118 valence electrons. The van der Waals surface area contributed by atoms with E-state index in [-0.39, 0.29) is 17.9 Å². The molecule has 21 heavy (non-hydrogen) atoms. The van der Waals surface area contributed by atoms with Crippen molar-refractivity contribution in [3.8, 4) is 0 Å². The molecule has 0 aliphatic carbocycles. The number of rotatable bonds is 3. The number of hydrogen-bond donors (Lipinski definition) is 2. The van der Waals surface area contributed by atoms with Crippen LogP contribution in [0.3, 0.4) is 0 Å². The summed E-state index contributed by atoms with van der Waals surface area (Å²) in [4.78, 5) is 25.7. The Kier molecular flexibility index (Phi) is 11.5. The molecule has 0 bridgehead atoms. The van der Waals surface area contributed by atoms with Crippen molar-refractivity contribution >= 4 is 24.3 Å². The third-order valence-corrected chi connectivity index (χ3v) is 2.16. The van der Waals surface area contributed by atoms with Gasteiger partial charge < -0.3 is 15.5 Å². The quantitative estimate of drug-likeness (QED) is 0.829. The van der Waals surface area contributed by atoms with Crippen LogP contribution in [-0.2, 0) is 4.74 Å². The van der Waals surface area contributed by atoms with Crippen molar-refractivity contribution in [2.75, 3.05) is 12.3 Å². The van der Waals surface area contributed by atoms with Gasteiger partial charge in [-0.3, -0.25) is 4.79 Å². The van der Waals surface area contributed by atoms with Gasteiger partial charge in [-0.1, -0.05) is 46.9 Å². The summed E-state index contributed by atoms with van der Waals surface area (Å²) >= 11 is 0. The van der Waals surface area contributed by atoms with Crippen LogP contribution in [0.2, 0.25) is 0 Å². The molecule has 1 aromatic heterocycles. The van der Waals surface area contributed by atoms with Gasteiger partial charge in [0.1, 0.15) is 5.56 Å². The van der Waals surface area contributed by atoms with Crippen molar-refractivity contribution in [3.63, 3.8) is 0 Å². The molecule has 3 N–H and O–H groups in total. The second-order valence-corrected chi connectivity index (χ2v) is 3.26. The van der Waals surface area contributed by atoms with Crippen LogP contribution >= 0.6 is 0 Å². The Morgan fingerprint density at radius 2 is 1.86 bits per heavy atom. The van der Waals surface area contributed by atoms with Gasteiger partial charge in [-0.25, -0.2) is 4.79 Å². The maximum absolute atomic E-state index is 11.7. The molecule has 1 heterocycles.